The first kappa shape index (κ1) is 13.3. The second kappa shape index (κ2) is 5.67. The molecule has 0 amide bonds. The lowest BCUT2D eigenvalue weighted by Gasteiger charge is -2.33. The summed E-state index contributed by atoms with van der Waals surface area (Å²) in [6.45, 7) is 4.60. The summed E-state index contributed by atoms with van der Waals surface area (Å²) in [6.07, 6.45) is 1.77. The van der Waals surface area contributed by atoms with Crippen molar-refractivity contribution in [1.29, 1.82) is 0 Å². The molecule has 1 fully saturated rings. The van der Waals surface area contributed by atoms with E-state index in [0.29, 0.717) is 0 Å². The highest BCUT2D eigenvalue weighted by molar-refractivity contribution is 5.51. The standard InChI is InChI=1S/C14H23N3O/c1-11-6-7-14(13(15-11)10-16(2)3)17-8-4-5-12(18)9-17/h6-7,12,18H,4-5,8-10H2,1-3H3/t12-/m1/s1. The van der Waals surface area contributed by atoms with E-state index < -0.39 is 0 Å². The number of aliphatic hydroxyl groups is 1. The minimum absolute atomic E-state index is 0.202. The summed E-state index contributed by atoms with van der Waals surface area (Å²) in [5.74, 6) is 0. The fourth-order valence-electron chi connectivity index (χ4n) is 2.48. The highest BCUT2D eigenvalue weighted by Gasteiger charge is 2.20. The summed E-state index contributed by atoms with van der Waals surface area (Å²) in [4.78, 5) is 9.04. The molecule has 0 bridgehead atoms. The maximum Gasteiger partial charge on any atom is 0.0779 e. The second-order valence-electron chi connectivity index (χ2n) is 5.40. The minimum Gasteiger partial charge on any atom is -0.391 e. The number of β-amino-alcohol motifs (C(OH)–C–C–N with tert-alkyl or cyclic N) is 1. The predicted octanol–water partition coefficient (Wildman–Crippen LogP) is 1.41. The Hall–Kier alpha value is -1.13. The number of piperidine rings is 1. The minimum atomic E-state index is -0.202. The second-order valence-corrected chi connectivity index (χ2v) is 5.40. The summed E-state index contributed by atoms with van der Waals surface area (Å²) in [7, 11) is 4.11. The van der Waals surface area contributed by atoms with Crippen LogP contribution in [0.15, 0.2) is 12.1 Å². The van der Waals surface area contributed by atoms with Gasteiger partial charge in [0.15, 0.2) is 0 Å². The zero-order valence-corrected chi connectivity index (χ0v) is 11.6. The van der Waals surface area contributed by atoms with E-state index in [-0.39, 0.29) is 6.10 Å². The van der Waals surface area contributed by atoms with Crippen molar-refractivity contribution >= 4 is 5.69 Å². The van der Waals surface area contributed by atoms with Crippen LogP contribution in [-0.2, 0) is 6.54 Å². The Kier molecular flexibility index (Phi) is 4.19. The van der Waals surface area contributed by atoms with E-state index in [9.17, 15) is 5.11 Å². The Balaban J connectivity index is 2.25. The average molecular weight is 249 g/mol. The molecule has 4 nitrogen and oxygen atoms in total. The van der Waals surface area contributed by atoms with E-state index in [2.05, 4.69) is 41.0 Å². The molecule has 0 unspecified atom stereocenters. The van der Waals surface area contributed by atoms with Gasteiger partial charge in [0.2, 0.25) is 0 Å². The normalized spacial score (nSPS) is 20.5. The summed E-state index contributed by atoms with van der Waals surface area (Å²) in [5.41, 5.74) is 3.33. The molecule has 2 rings (SSSR count). The molecule has 1 aromatic heterocycles. The Labute approximate surface area is 109 Å². The van der Waals surface area contributed by atoms with Gasteiger partial charge in [-0.25, -0.2) is 0 Å². The van der Waals surface area contributed by atoms with Crippen LogP contribution in [-0.4, -0.2) is 48.3 Å². The van der Waals surface area contributed by atoms with Crippen LogP contribution < -0.4 is 4.90 Å². The number of rotatable bonds is 3. The third kappa shape index (κ3) is 3.21. The van der Waals surface area contributed by atoms with Gasteiger partial charge in [0.1, 0.15) is 0 Å². The Morgan fingerprint density at radius 3 is 2.89 bits per heavy atom. The lowest BCUT2D eigenvalue weighted by Crippen LogP contribution is -2.39. The summed E-state index contributed by atoms with van der Waals surface area (Å²) >= 11 is 0. The zero-order chi connectivity index (χ0) is 13.1. The molecule has 1 saturated heterocycles. The third-order valence-corrected chi connectivity index (χ3v) is 3.29. The largest absolute Gasteiger partial charge is 0.391 e. The topological polar surface area (TPSA) is 39.6 Å². The van der Waals surface area contributed by atoms with Crippen molar-refractivity contribution in [1.82, 2.24) is 9.88 Å². The van der Waals surface area contributed by atoms with Gasteiger partial charge in [0, 0.05) is 25.3 Å². The number of aromatic nitrogens is 1. The highest BCUT2D eigenvalue weighted by atomic mass is 16.3. The molecule has 1 aromatic rings. The van der Waals surface area contributed by atoms with Gasteiger partial charge in [-0.05, 0) is 46.0 Å². The molecular weight excluding hydrogens is 226 g/mol. The van der Waals surface area contributed by atoms with Gasteiger partial charge in [-0.1, -0.05) is 0 Å². The van der Waals surface area contributed by atoms with E-state index in [0.717, 1.165) is 43.9 Å². The highest BCUT2D eigenvalue weighted by Crippen LogP contribution is 2.24. The first-order valence-electron chi connectivity index (χ1n) is 6.60. The van der Waals surface area contributed by atoms with Crippen LogP contribution in [0.5, 0.6) is 0 Å². The van der Waals surface area contributed by atoms with Gasteiger partial charge < -0.3 is 14.9 Å². The Morgan fingerprint density at radius 2 is 2.22 bits per heavy atom. The molecule has 0 saturated carbocycles. The maximum absolute atomic E-state index is 9.80. The van der Waals surface area contributed by atoms with Gasteiger partial charge in [0.05, 0.1) is 17.5 Å². The Bertz CT molecular complexity index is 406. The molecule has 2 heterocycles. The van der Waals surface area contributed by atoms with Gasteiger partial charge >= 0.3 is 0 Å². The number of pyridine rings is 1. The molecule has 0 radical (unpaired) electrons. The molecule has 0 aromatic carbocycles. The van der Waals surface area contributed by atoms with Gasteiger partial charge in [-0.15, -0.1) is 0 Å². The van der Waals surface area contributed by atoms with Crippen LogP contribution in [0.2, 0.25) is 0 Å². The quantitative estimate of drug-likeness (QED) is 0.879. The summed E-state index contributed by atoms with van der Waals surface area (Å²) in [6, 6.07) is 4.19. The van der Waals surface area contributed by atoms with Crippen LogP contribution in [0.25, 0.3) is 0 Å². The molecule has 0 aliphatic carbocycles. The van der Waals surface area contributed by atoms with E-state index in [4.69, 9.17) is 0 Å². The third-order valence-electron chi connectivity index (χ3n) is 3.29. The molecule has 0 spiro atoms. The van der Waals surface area contributed by atoms with E-state index in [1.54, 1.807) is 0 Å². The SMILES string of the molecule is Cc1ccc(N2CCC[C@@H](O)C2)c(CN(C)C)n1. The van der Waals surface area contributed by atoms with Crippen molar-refractivity contribution in [3.63, 3.8) is 0 Å². The predicted molar refractivity (Wildman–Crippen MR) is 73.8 cm³/mol. The molecule has 1 N–H and O–H groups in total. The zero-order valence-electron chi connectivity index (χ0n) is 11.6. The van der Waals surface area contributed by atoms with Crippen molar-refractivity contribution in [2.45, 2.75) is 32.4 Å². The fraction of sp³-hybridized carbons (Fsp3) is 0.643. The molecule has 1 atom stereocenters. The van der Waals surface area contributed by atoms with Crippen LogP contribution in [0.4, 0.5) is 5.69 Å². The molecule has 4 heteroatoms. The number of hydrogen-bond acceptors (Lipinski definition) is 4. The molecule has 18 heavy (non-hydrogen) atoms. The van der Waals surface area contributed by atoms with Gasteiger partial charge in [-0.3, -0.25) is 4.98 Å². The molecule has 1 aliphatic rings. The first-order valence-corrected chi connectivity index (χ1v) is 6.60. The lowest BCUT2D eigenvalue weighted by atomic mass is 10.1. The van der Waals surface area contributed by atoms with Crippen molar-refractivity contribution in [3.05, 3.63) is 23.5 Å². The van der Waals surface area contributed by atoms with Gasteiger partial charge in [0.25, 0.3) is 0 Å². The molecule has 1 aliphatic heterocycles. The van der Waals surface area contributed by atoms with Crippen molar-refractivity contribution in [2.24, 2.45) is 0 Å². The van der Waals surface area contributed by atoms with Crippen LogP contribution in [0, 0.1) is 6.92 Å². The number of aryl methyl sites for hydroxylation is 1. The smallest absolute Gasteiger partial charge is 0.0779 e. The fourth-order valence-corrected chi connectivity index (χ4v) is 2.48. The lowest BCUT2D eigenvalue weighted by molar-refractivity contribution is 0.154. The van der Waals surface area contributed by atoms with Crippen LogP contribution >= 0.6 is 0 Å². The van der Waals surface area contributed by atoms with Crippen LogP contribution in [0.1, 0.15) is 24.2 Å². The maximum atomic E-state index is 9.80. The number of hydrogen-bond donors (Lipinski definition) is 1. The van der Waals surface area contributed by atoms with E-state index >= 15 is 0 Å². The van der Waals surface area contributed by atoms with Crippen molar-refractivity contribution < 1.29 is 5.11 Å². The number of aliphatic hydroxyl groups excluding tert-OH is 1. The molecular formula is C14H23N3O. The summed E-state index contributed by atoms with van der Waals surface area (Å²) in [5, 5.41) is 9.80. The average Bonchev–Trinajstić information content (AvgIpc) is 2.28. The molecule has 100 valence electrons. The van der Waals surface area contributed by atoms with E-state index in [1.807, 2.05) is 6.92 Å². The monoisotopic (exact) mass is 249 g/mol. The first-order chi connectivity index (χ1) is 8.56. The number of anilines is 1. The van der Waals surface area contributed by atoms with Crippen LogP contribution in [0.3, 0.4) is 0 Å². The van der Waals surface area contributed by atoms with E-state index in [1.165, 1.54) is 5.69 Å². The van der Waals surface area contributed by atoms with Gasteiger partial charge in [-0.2, -0.15) is 0 Å². The van der Waals surface area contributed by atoms with Crippen molar-refractivity contribution in [3.8, 4) is 0 Å². The van der Waals surface area contributed by atoms with Crippen molar-refractivity contribution in [2.75, 3.05) is 32.1 Å². The number of nitrogens with zero attached hydrogens (tertiary/aromatic N) is 3. The summed E-state index contributed by atoms with van der Waals surface area (Å²) < 4.78 is 0. The Morgan fingerprint density at radius 1 is 1.44 bits per heavy atom.